The Bertz CT molecular complexity index is 1180. The summed E-state index contributed by atoms with van der Waals surface area (Å²) in [7, 11) is 0. The van der Waals surface area contributed by atoms with Crippen LogP contribution in [-0.4, -0.2) is 51.7 Å². The molecule has 0 atom stereocenters. The molecule has 10 nitrogen and oxygen atoms in total. The summed E-state index contributed by atoms with van der Waals surface area (Å²) >= 11 is 0. The van der Waals surface area contributed by atoms with Crippen LogP contribution in [0, 0.1) is 20.2 Å². The third kappa shape index (κ3) is 6.46. The lowest BCUT2D eigenvalue weighted by Crippen LogP contribution is -2.45. The first-order chi connectivity index (χ1) is 16.9. The van der Waals surface area contributed by atoms with Crippen LogP contribution in [0.5, 0.6) is 0 Å². The van der Waals surface area contributed by atoms with E-state index in [1.54, 1.807) is 12.1 Å². The first kappa shape index (κ1) is 24.0. The molecular formula is C25H25N5O5. The normalized spacial score (nSPS) is 14.4. The maximum absolute atomic E-state index is 12.6. The number of anilines is 1. The highest BCUT2D eigenvalue weighted by Crippen LogP contribution is 2.23. The maximum Gasteiger partial charge on any atom is 0.277 e. The molecule has 1 fully saturated rings. The first-order valence-corrected chi connectivity index (χ1v) is 11.2. The molecule has 1 heterocycles. The molecule has 0 bridgehead atoms. The van der Waals surface area contributed by atoms with Gasteiger partial charge in [0.05, 0.1) is 21.5 Å². The Morgan fingerprint density at radius 1 is 0.743 bits per heavy atom. The number of nitro groups is 2. The number of hydrogen-bond acceptors (Lipinski definition) is 7. The van der Waals surface area contributed by atoms with Crippen LogP contribution in [-0.2, 0) is 13.1 Å². The number of hydrogen-bond donors (Lipinski definition) is 1. The summed E-state index contributed by atoms with van der Waals surface area (Å²) in [4.78, 5) is 38.0. The first-order valence-electron chi connectivity index (χ1n) is 11.2. The van der Waals surface area contributed by atoms with Crippen molar-refractivity contribution in [2.75, 3.05) is 31.5 Å². The van der Waals surface area contributed by atoms with Gasteiger partial charge in [0, 0.05) is 57.1 Å². The lowest BCUT2D eigenvalue weighted by atomic mass is 10.1. The molecule has 0 aromatic heterocycles. The van der Waals surface area contributed by atoms with Crippen LogP contribution in [0.4, 0.5) is 17.1 Å². The zero-order valence-electron chi connectivity index (χ0n) is 19.0. The molecule has 0 unspecified atom stereocenters. The van der Waals surface area contributed by atoms with Gasteiger partial charge in [-0.05, 0) is 23.3 Å². The van der Waals surface area contributed by atoms with Gasteiger partial charge in [0.25, 0.3) is 17.3 Å². The van der Waals surface area contributed by atoms with Gasteiger partial charge in [-0.2, -0.15) is 0 Å². The third-order valence-corrected chi connectivity index (χ3v) is 5.92. The minimum atomic E-state index is -0.764. The van der Waals surface area contributed by atoms with E-state index in [0.29, 0.717) is 5.69 Å². The summed E-state index contributed by atoms with van der Waals surface area (Å²) in [5.41, 5.74) is 1.75. The topological polar surface area (TPSA) is 122 Å². The highest BCUT2D eigenvalue weighted by Gasteiger charge is 2.20. The second-order valence-corrected chi connectivity index (χ2v) is 8.44. The summed E-state index contributed by atoms with van der Waals surface area (Å²) in [6, 6.07) is 20.7. The number of benzene rings is 3. The lowest BCUT2D eigenvalue weighted by molar-refractivity contribution is -0.394. The van der Waals surface area contributed by atoms with Gasteiger partial charge in [-0.3, -0.25) is 34.8 Å². The van der Waals surface area contributed by atoms with E-state index in [2.05, 4.69) is 39.4 Å². The van der Waals surface area contributed by atoms with Crippen molar-refractivity contribution in [2.24, 2.45) is 0 Å². The smallest absolute Gasteiger partial charge is 0.277 e. The molecule has 4 rings (SSSR count). The monoisotopic (exact) mass is 475 g/mol. The second kappa shape index (κ2) is 10.9. The van der Waals surface area contributed by atoms with Crippen LogP contribution in [0.15, 0.2) is 72.8 Å². The molecular weight excluding hydrogens is 450 g/mol. The van der Waals surface area contributed by atoms with Crippen molar-refractivity contribution in [2.45, 2.75) is 13.1 Å². The number of non-ortho nitro benzene ring substituents is 2. The molecule has 3 aromatic carbocycles. The van der Waals surface area contributed by atoms with E-state index in [9.17, 15) is 25.0 Å². The zero-order chi connectivity index (χ0) is 24.8. The fourth-order valence-electron chi connectivity index (χ4n) is 4.04. The molecule has 3 aromatic rings. The average Bonchev–Trinajstić information content (AvgIpc) is 2.86. The maximum atomic E-state index is 12.6. The van der Waals surface area contributed by atoms with Gasteiger partial charge < -0.3 is 5.32 Å². The fourth-order valence-corrected chi connectivity index (χ4v) is 4.04. The van der Waals surface area contributed by atoms with Gasteiger partial charge in [-0.1, -0.05) is 42.5 Å². The lowest BCUT2D eigenvalue weighted by Gasteiger charge is -2.34. The van der Waals surface area contributed by atoms with E-state index < -0.39 is 27.1 Å². The summed E-state index contributed by atoms with van der Waals surface area (Å²) in [6.45, 7) is 5.69. The summed E-state index contributed by atoms with van der Waals surface area (Å²) < 4.78 is 0. The van der Waals surface area contributed by atoms with Crippen LogP contribution in [0.1, 0.15) is 21.5 Å². The van der Waals surface area contributed by atoms with E-state index in [-0.39, 0.29) is 5.56 Å². The molecule has 1 aliphatic heterocycles. The molecule has 35 heavy (non-hydrogen) atoms. The van der Waals surface area contributed by atoms with Gasteiger partial charge in [-0.15, -0.1) is 0 Å². The summed E-state index contributed by atoms with van der Waals surface area (Å²) in [5, 5.41) is 24.8. The van der Waals surface area contributed by atoms with Crippen molar-refractivity contribution in [1.29, 1.82) is 0 Å². The fraction of sp³-hybridized carbons (Fsp3) is 0.240. The number of nitro benzene ring substituents is 2. The van der Waals surface area contributed by atoms with Crippen molar-refractivity contribution in [3.63, 3.8) is 0 Å². The minimum Gasteiger partial charge on any atom is -0.322 e. The summed E-state index contributed by atoms with van der Waals surface area (Å²) in [5.74, 6) is -0.654. The van der Waals surface area contributed by atoms with E-state index in [4.69, 9.17) is 0 Å². The minimum absolute atomic E-state index is 0.150. The molecule has 1 N–H and O–H groups in total. The van der Waals surface area contributed by atoms with Gasteiger partial charge >= 0.3 is 0 Å². The molecule has 0 radical (unpaired) electrons. The Balaban J connectivity index is 1.31. The van der Waals surface area contributed by atoms with Gasteiger partial charge in [0.1, 0.15) is 0 Å². The Morgan fingerprint density at radius 2 is 1.23 bits per heavy atom. The standard InChI is InChI=1S/C25H25N5O5/c31-25(21-14-23(29(32)33)16-24(15-21)30(34)35)26-22-8-6-20(7-9-22)18-28-12-10-27(11-13-28)17-19-4-2-1-3-5-19/h1-9,14-16H,10-13,17-18H2,(H,26,31). The van der Waals surface area contributed by atoms with Crippen LogP contribution in [0.2, 0.25) is 0 Å². The highest BCUT2D eigenvalue weighted by molar-refractivity contribution is 6.05. The number of amides is 1. The van der Waals surface area contributed by atoms with Crippen LogP contribution in [0.3, 0.4) is 0 Å². The Kier molecular flexibility index (Phi) is 7.44. The molecule has 1 saturated heterocycles. The Morgan fingerprint density at radius 3 is 1.71 bits per heavy atom. The van der Waals surface area contributed by atoms with Crippen LogP contribution >= 0.6 is 0 Å². The van der Waals surface area contributed by atoms with Crippen molar-refractivity contribution >= 4 is 23.0 Å². The SMILES string of the molecule is O=C(Nc1ccc(CN2CCN(Cc3ccccc3)CC2)cc1)c1cc([N+](=O)[O-])cc([N+](=O)[O-])c1. The zero-order valence-corrected chi connectivity index (χ0v) is 19.0. The number of nitrogens with zero attached hydrogens (tertiary/aromatic N) is 4. The van der Waals surface area contributed by atoms with E-state index >= 15 is 0 Å². The van der Waals surface area contributed by atoms with Gasteiger partial charge in [0.15, 0.2) is 0 Å². The number of carbonyl (C=O) groups excluding carboxylic acids is 1. The van der Waals surface area contributed by atoms with Gasteiger partial charge in [0.2, 0.25) is 0 Å². The average molecular weight is 476 g/mol. The molecule has 0 saturated carbocycles. The van der Waals surface area contributed by atoms with Crippen LogP contribution in [0.25, 0.3) is 0 Å². The molecule has 10 heteroatoms. The largest absolute Gasteiger partial charge is 0.322 e. The number of piperazine rings is 1. The van der Waals surface area contributed by atoms with Crippen molar-refractivity contribution in [1.82, 2.24) is 9.80 Å². The third-order valence-electron chi connectivity index (χ3n) is 5.92. The highest BCUT2D eigenvalue weighted by atomic mass is 16.6. The predicted octanol–water partition coefficient (Wildman–Crippen LogP) is 4.07. The molecule has 1 amide bonds. The van der Waals surface area contributed by atoms with Crippen molar-refractivity contribution < 1.29 is 14.6 Å². The predicted molar refractivity (Wildman–Crippen MR) is 131 cm³/mol. The number of nitrogens with one attached hydrogen (secondary N) is 1. The van der Waals surface area contributed by atoms with Crippen LogP contribution < -0.4 is 5.32 Å². The van der Waals surface area contributed by atoms with E-state index in [1.807, 2.05) is 18.2 Å². The Labute approximate surface area is 202 Å². The quantitative estimate of drug-likeness (QED) is 0.385. The number of rotatable bonds is 8. The van der Waals surface area contributed by atoms with Gasteiger partial charge in [-0.25, -0.2) is 0 Å². The summed E-state index contributed by atoms with van der Waals surface area (Å²) in [6.07, 6.45) is 0. The Hall–Kier alpha value is -4.15. The van der Waals surface area contributed by atoms with E-state index in [0.717, 1.165) is 63.0 Å². The molecule has 180 valence electrons. The van der Waals surface area contributed by atoms with Crippen molar-refractivity contribution in [3.05, 3.63) is 110 Å². The second-order valence-electron chi connectivity index (χ2n) is 8.44. The van der Waals surface area contributed by atoms with Crippen molar-refractivity contribution in [3.8, 4) is 0 Å². The van der Waals surface area contributed by atoms with E-state index in [1.165, 1.54) is 5.56 Å². The number of carbonyl (C=O) groups is 1. The molecule has 0 spiro atoms. The molecule has 1 aliphatic rings. The molecule has 0 aliphatic carbocycles.